The minimum Gasteiger partial charge on any atom is -0.493 e. The maximum atomic E-state index is 12.9. The molecule has 2 aromatic rings. The van der Waals surface area contributed by atoms with Gasteiger partial charge < -0.3 is 14.4 Å². The fourth-order valence-electron chi connectivity index (χ4n) is 4.32. The second-order valence-electron chi connectivity index (χ2n) is 9.24. The molecule has 0 bridgehead atoms. The van der Waals surface area contributed by atoms with Crippen LogP contribution in [-0.4, -0.2) is 43.4 Å². The molecule has 0 N–H and O–H groups in total. The Morgan fingerprint density at radius 2 is 1.79 bits per heavy atom. The van der Waals surface area contributed by atoms with Crippen molar-refractivity contribution in [3.8, 4) is 17.6 Å². The van der Waals surface area contributed by atoms with Crippen molar-refractivity contribution in [1.82, 2.24) is 4.90 Å². The average Bonchev–Trinajstić information content (AvgIpc) is 2.86. The van der Waals surface area contributed by atoms with E-state index in [0.717, 1.165) is 12.0 Å². The SMILES string of the molecule is COc1cc(C#N)ccc1OCCCC(=O)N1CCC(C(=O)c2ccc(CC(C)C)cc2)CC1. The van der Waals surface area contributed by atoms with Crippen LogP contribution in [0.4, 0.5) is 0 Å². The lowest BCUT2D eigenvalue weighted by molar-refractivity contribution is -0.132. The molecule has 0 saturated carbocycles. The number of hydrogen-bond donors (Lipinski definition) is 0. The van der Waals surface area contributed by atoms with Gasteiger partial charge in [0.1, 0.15) is 0 Å². The van der Waals surface area contributed by atoms with E-state index in [-0.39, 0.29) is 17.6 Å². The molecule has 1 aliphatic rings. The maximum absolute atomic E-state index is 12.9. The first-order chi connectivity index (χ1) is 16.4. The number of nitriles is 1. The van der Waals surface area contributed by atoms with Crippen LogP contribution < -0.4 is 9.47 Å². The quantitative estimate of drug-likeness (QED) is 0.365. The van der Waals surface area contributed by atoms with Gasteiger partial charge in [0.05, 0.1) is 25.3 Å². The molecule has 1 aliphatic heterocycles. The molecule has 0 aliphatic carbocycles. The first kappa shape index (κ1) is 25.3. The van der Waals surface area contributed by atoms with Crippen LogP contribution in [0.25, 0.3) is 0 Å². The van der Waals surface area contributed by atoms with E-state index in [9.17, 15) is 9.59 Å². The third kappa shape index (κ3) is 6.84. The van der Waals surface area contributed by atoms with E-state index >= 15 is 0 Å². The van der Waals surface area contributed by atoms with E-state index in [0.29, 0.717) is 68.4 Å². The van der Waals surface area contributed by atoms with Crippen molar-refractivity contribution in [1.29, 1.82) is 5.26 Å². The fraction of sp³-hybridized carbons (Fsp3) is 0.464. The molecule has 0 spiro atoms. The summed E-state index contributed by atoms with van der Waals surface area (Å²) < 4.78 is 11.0. The van der Waals surface area contributed by atoms with Crippen LogP contribution in [0.5, 0.6) is 11.5 Å². The lowest BCUT2D eigenvalue weighted by Gasteiger charge is -2.31. The summed E-state index contributed by atoms with van der Waals surface area (Å²) in [5.74, 6) is 1.92. The van der Waals surface area contributed by atoms with Crippen molar-refractivity contribution in [2.24, 2.45) is 11.8 Å². The summed E-state index contributed by atoms with van der Waals surface area (Å²) in [6, 6.07) is 15.1. The zero-order chi connectivity index (χ0) is 24.5. The number of likely N-dealkylation sites (tertiary alicyclic amines) is 1. The van der Waals surface area contributed by atoms with Crippen molar-refractivity contribution in [3.63, 3.8) is 0 Å². The molecule has 1 heterocycles. The highest BCUT2D eigenvalue weighted by atomic mass is 16.5. The maximum Gasteiger partial charge on any atom is 0.222 e. The van der Waals surface area contributed by atoms with Gasteiger partial charge in [-0.05, 0) is 49.3 Å². The number of piperidine rings is 1. The highest BCUT2D eigenvalue weighted by Gasteiger charge is 2.27. The number of carbonyl (C=O) groups excluding carboxylic acids is 2. The van der Waals surface area contributed by atoms with Gasteiger partial charge in [-0.1, -0.05) is 38.1 Å². The second kappa shape index (κ2) is 12.2. The monoisotopic (exact) mass is 462 g/mol. The van der Waals surface area contributed by atoms with Crippen molar-refractivity contribution in [3.05, 3.63) is 59.2 Å². The number of benzene rings is 2. The Morgan fingerprint density at radius 1 is 1.09 bits per heavy atom. The van der Waals surface area contributed by atoms with E-state index in [2.05, 4.69) is 32.0 Å². The molecular formula is C28H34N2O4. The Balaban J connectivity index is 1.41. The number of amides is 1. The number of methoxy groups -OCH3 is 1. The summed E-state index contributed by atoms with van der Waals surface area (Å²) in [5.41, 5.74) is 2.53. The molecule has 3 rings (SSSR count). The Bertz CT molecular complexity index is 1020. The van der Waals surface area contributed by atoms with Gasteiger partial charge in [-0.3, -0.25) is 9.59 Å². The van der Waals surface area contributed by atoms with Crippen molar-refractivity contribution in [2.45, 2.75) is 46.0 Å². The largest absolute Gasteiger partial charge is 0.493 e. The van der Waals surface area contributed by atoms with Crippen LogP contribution in [0, 0.1) is 23.2 Å². The molecule has 34 heavy (non-hydrogen) atoms. The van der Waals surface area contributed by atoms with E-state index < -0.39 is 0 Å². The topological polar surface area (TPSA) is 79.6 Å². The van der Waals surface area contributed by atoms with Gasteiger partial charge in [-0.15, -0.1) is 0 Å². The van der Waals surface area contributed by atoms with Crippen LogP contribution in [0.2, 0.25) is 0 Å². The Kier molecular flexibility index (Phi) is 9.09. The van der Waals surface area contributed by atoms with Crippen LogP contribution in [0.3, 0.4) is 0 Å². The average molecular weight is 463 g/mol. The summed E-state index contributed by atoms with van der Waals surface area (Å²) in [6.07, 6.45) is 3.41. The van der Waals surface area contributed by atoms with Crippen LogP contribution in [0.15, 0.2) is 42.5 Å². The first-order valence-electron chi connectivity index (χ1n) is 12.0. The van der Waals surface area contributed by atoms with E-state index in [1.807, 2.05) is 17.0 Å². The van der Waals surface area contributed by atoms with Gasteiger partial charge in [-0.25, -0.2) is 0 Å². The molecule has 1 amide bonds. The molecule has 6 heteroatoms. The molecule has 0 atom stereocenters. The summed E-state index contributed by atoms with van der Waals surface area (Å²) in [4.78, 5) is 27.4. The van der Waals surface area contributed by atoms with Gasteiger partial charge in [0, 0.05) is 37.1 Å². The Hall–Kier alpha value is -3.33. The summed E-state index contributed by atoms with van der Waals surface area (Å²) >= 11 is 0. The summed E-state index contributed by atoms with van der Waals surface area (Å²) in [6.45, 7) is 5.99. The predicted octanol–water partition coefficient (Wildman–Crippen LogP) is 5.05. The lowest BCUT2D eigenvalue weighted by Crippen LogP contribution is -2.40. The molecule has 6 nitrogen and oxygen atoms in total. The first-order valence-corrected chi connectivity index (χ1v) is 12.0. The third-order valence-corrected chi connectivity index (χ3v) is 6.19. The van der Waals surface area contributed by atoms with Crippen molar-refractivity contribution >= 4 is 11.7 Å². The number of nitrogens with zero attached hydrogens (tertiary/aromatic N) is 2. The van der Waals surface area contributed by atoms with E-state index in [1.165, 1.54) is 12.7 Å². The third-order valence-electron chi connectivity index (χ3n) is 6.19. The molecule has 1 saturated heterocycles. The number of rotatable bonds is 10. The van der Waals surface area contributed by atoms with Crippen molar-refractivity contribution < 1.29 is 19.1 Å². The second-order valence-corrected chi connectivity index (χ2v) is 9.24. The summed E-state index contributed by atoms with van der Waals surface area (Å²) in [5, 5.41) is 8.98. The van der Waals surface area contributed by atoms with Crippen LogP contribution >= 0.6 is 0 Å². The molecule has 0 aromatic heterocycles. The Labute approximate surface area is 202 Å². The molecule has 0 radical (unpaired) electrons. The van der Waals surface area contributed by atoms with Gasteiger partial charge in [0.25, 0.3) is 0 Å². The van der Waals surface area contributed by atoms with E-state index in [4.69, 9.17) is 14.7 Å². The zero-order valence-corrected chi connectivity index (χ0v) is 20.4. The lowest BCUT2D eigenvalue weighted by atomic mass is 9.88. The molecule has 0 unspecified atom stereocenters. The number of ketones is 1. The van der Waals surface area contributed by atoms with Crippen molar-refractivity contribution in [2.75, 3.05) is 26.8 Å². The number of ether oxygens (including phenoxy) is 2. The van der Waals surface area contributed by atoms with Gasteiger partial charge in [-0.2, -0.15) is 5.26 Å². The van der Waals surface area contributed by atoms with Crippen LogP contribution in [0.1, 0.15) is 61.0 Å². The smallest absolute Gasteiger partial charge is 0.222 e. The molecular weight excluding hydrogens is 428 g/mol. The fourth-order valence-corrected chi connectivity index (χ4v) is 4.32. The normalized spacial score (nSPS) is 14.0. The standard InChI is InChI=1S/C28H34N2O4/c1-20(2)17-21-6-9-23(10-7-21)28(32)24-12-14-30(15-13-24)27(31)5-4-16-34-25-11-8-22(19-29)18-26(25)33-3/h6-11,18,20,24H,4-5,12-17H2,1-3H3. The summed E-state index contributed by atoms with van der Waals surface area (Å²) in [7, 11) is 1.53. The van der Waals surface area contributed by atoms with Crippen LogP contribution in [-0.2, 0) is 11.2 Å². The van der Waals surface area contributed by atoms with E-state index in [1.54, 1.807) is 18.2 Å². The highest BCUT2D eigenvalue weighted by molar-refractivity contribution is 5.98. The highest BCUT2D eigenvalue weighted by Crippen LogP contribution is 2.28. The molecule has 180 valence electrons. The minimum atomic E-state index is -0.0211. The Morgan fingerprint density at radius 3 is 2.41 bits per heavy atom. The minimum absolute atomic E-state index is 0.0211. The molecule has 1 fully saturated rings. The van der Waals surface area contributed by atoms with Gasteiger partial charge >= 0.3 is 0 Å². The number of hydrogen-bond acceptors (Lipinski definition) is 5. The predicted molar refractivity (Wildman–Crippen MR) is 131 cm³/mol. The molecule has 2 aromatic carbocycles. The van der Waals surface area contributed by atoms with Gasteiger partial charge in [0.2, 0.25) is 5.91 Å². The van der Waals surface area contributed by atoms with Gasteiger partial charge in [0.15, 0.2) is 17.3 Å². The zero-order valence-electron chi connectivity index (χ0n) is 20.4. The number of Topliss-reactive ketones (excluding diaryl/α,β-unsaturated/α-hetero) is 1. The number of carbonyl (C=O) groups is 2.